The van der Waals surface area contributed by atoms with Gasteiger partial charge in [-0.1, -0.05) is 12.1 Å². The molecule has 0 radical (unpaired) electrons. The van der Waals surface area contributed by atoms with E-state index >= 15 is 4.39 Å². The maximum absolute atomic E-state index is 15.7. The number of fused-ring (bicyclic) bond motifs is 2. The number of halogens is 3. The van der Waals surface area contributed by atoms with E-state index < -0.39 is 41.1 Å². The van der Waals surface area contributed by atoms with Gasteiger partial charge in [-0.05, 0) is 39.8 Å². The minimum Gasteiger partial charge on any atom is -0.493 e. The molecule has 1 aliphatic rings. The topological polar surface area (TPSA) is 98.9 Å². The van der Waals surface area contributed by atoms with E-state index in [1.807, 2.05) is 6.92 Å². The number of carbonyl (C=O) groups excluding carboxylic acids is 1. The highest BCUT2D eigenvalue weighted by Gasteiger charge is 2.34. The molecule has 0 fully saturated rings. The van der Waals surface area contributed by atoms with Crippen LogP contribution in [-0.2, 0) is 16.0 Å². The zero-order valence-electron chi connectivity index (χ0n) is 23.9. The summed E-state index contributed by atoms with van der Waals surface area (Å²) < 4.78 is 63.0. The molecule has 222 valence electrons. The number of amides is 1. The molecular weight excluding hydrogens is 553 g/mol. The molecule has 2 aromatic carbocycles. The fraction of sp³-hybridized carbons (Fsp3) is 0.367. The number of pyridine rings is 1. The lowest BCUT2D eigenvalue weighted by molar-refractivity contribution is 0.0120. The number of benzene rings is 2. The van der Waals surface area contributed by atoms with Gasteiger partial charge in [-0.15, -0.1) is 0 Å². The highest BCUT2D eigenvalue weighted by Crippen LogP contribution is 2.46. The zero-order chi connectivity index (χ0) is 30.3. The molecule has 5 rings (SSSR count). The van der Waals surface area contributed by atoms with Gasteiger partial charge in [-0.3, -0.25) is 9.58 Å². The molecular formula is C30H31F3N4O5. The Bertz CT molecular complexity index is 1670. The lowest BCUT2D eigenvalue weighted by Crippen LogP contribution is -2.43. The van der Waals surface area contributed by atoms with Crippen molar-refractivity contribution in [1.29, 1.82) is 0 Å². The van der Waals surface area contributed by atoms with Crippen LogP contribution in [0, 0.1) is 17.5 Å². The molecule has 3 heterocycles. The largest absolute Gasteiger partial charge is 0.493 e. The van der Waals surface area contributed by atoms with Crippen LogP contribution >= 0.6 is 0 Å². The summed E-state index contributed by atoms with van der Waals surface area (Å²) in [5.74, 6) is -3.41. The number of carbonyl (C=O) groups is 1. The van der Waals surface area contributed by atoms with Crippen molar-refractivity contribution in [3.63, 3.8) is 0 Å². The molecule has 1 N–H and O–H groups in total. The quantitative estimate of drug-likeness (QED) is 0.269. The van der Waals surface area contributed by atoms with Crippen LogP contribution in [0.1, 0.15) is 39.4 Å². The summed E-state index contributed by atoms with van der Waals surface area (Å²) >= 11 is 0. The first-order chi connectivity index (χ1) is 19.9. The predicted molar refractivity (Wildman–Crippen MR) is 149 cm³/mol. The van der Waals surface area contributed by atoms with Gasteiger partial charge in [0.05, 0.1) is 35.8 Å². The van der Waals surface area contributed by atoms with Gasteiger partial charge < -0.3 is 19.3 Å². The van der Waals surface area contributed by atoms with Crippen molar-refractivity contribution >= 4 is 16.9 Å². The van der Waals surface area contributed by atoms with Crippen LogP contribution in [-0.4, -0.2) is 63.3 Å². The second kappa shape index (κ2) is 11.2. The third-order valence-corrected chi connectivity index (χ3v) is 6.90. The van der Waals surface area contributed by atoms with E-state index in [9.17, 15) is 18.7 Å². The number of nitrogens with zero attached hydrogens (tertiary/aromatic N) is 4. The number of rotatable bonds is 6. The van der Waals surface area contributed by atoms with Crippen LogP contribution in [0.2, 0.25) is 0 Å². The zero-order valence-corrected chi connectivity index (χ0v) is 23.9. The Morgan fingerprint density at radius 2 is 1.83 bits per heavy atom. The van der Waals surface area contributed by atoms with E-state index in [-0.39, 0.29) is 52.3 Å². The number of methoxy groups -OCH3 is 1. The van der Waals surface area contributed by atoms with Gasteiger partial charge in [0.2, 0.25) is 5.88 Å². The Balaban J connectivity index is 1.71. The lowest BCUT2D eigenvalue weighted by atomic mass is 9.94. The van der Waals surface area contributed by atoms with Gasteiger partial charge in [-0.25, -0.2) is 22.9 Å². The maximum atomic E-state index is 15.7. The molecule has 9 nitrogen and oxygen atoms in total. The van der Waals surface area contributed by atoms with E-state index in [0.717, 1.165) is 12.1 Å². The minimum absolute atomic E-state index is 0.0175. The van der Waals surface area contributed by atoms with E-state index in [4.69, 9.17) is 14.2 Å². The van der Waals surface area contributed by atoms with Gasteiger partial charge in [0.15, 0.2) is 0 Å². The fourth-order valence-corrected chi connectivity index (χ4v) is 5.07. The third-order valence-electron chi connectivity index (χ3n) is 6.90. The molecule has 1 atom stereocenters. The van der Waals surface area contributed by atoms with Gasteiger partial charge >= 0.3 is 6.09 Å². The molecule has 0 aliphatic carbocycles. The predicted octanol–water partition coefficient (Wildman–Crippen LogP) is 6.23. The van der Waals surface area contributed by atoms with Gasteiger partial charge in [0, 0.05) is 36.7 Å². The summed E-state index contributed by atoms with van der Waals surface area (Å²) in [6.07, 6.45) is -0.479. The third kappa shape index (κ3) is 5.46. The number of aromatic hydroxyl groups is 1. The van der Waals surface area contributed by atoms with Crippen LogP contribution in [0.25, 0.3) is 33.3 Å². The summed E-state index contributed by atoms with van der Waals surface area (Å²) in [5, 5.41) is 15.4. The SMILES string of the molecule is COCCOc1cc(F)cc(F)c1-c1c(-c2cc3n(n2)CCN(C(=O)OC(C)(C)C)[C@@H]3C)nc(O)c2c(F)cccc12. The van der Waals surface area contributed by atoms with Crippen LogP contribution in [0.15, 0.2) is 36.4 Å². The van der Waals surface area contributed by atoms with Gasteiger partial charge in [-0.2, -0.15) is 5.10 Å². The number of hydrogen-bond donors (Lipinski definition) is 1. The van der Waals surface area contributed by atoms with E-state index in [1.165, 1.54) is 19.2 Å². The second-order valence-electron chi connectivity index (χ2n) is 11.0. The Labute approximate surface area is 240 Å². The van der Waals surface area contributed by atoms with Crippen molar-refractivity contribution in [2.45, 2.75) is 45.9 Å². The minimum atomic E-state index is -0.977. The van der Waals surface area contributed by atoms with Crippen molar-refractivity contribution in [2.24, 2.45) is 0 Å². The van der Waals surface area contributed by atoms with Crippen molar-refractivity contribution < 1.29 is 37.3 Å². The fourth-order valence-electron chi connectivity index (χ4n) is 5.07. The van der Waals surface area contributed by atoms with E-state index in [2.05, 4.69) is 10.1 Å². The molecule has 1 amide bonds. The molecule has 42 heavy (non-hydrogen) atoms. The number of ether oxygens (including phenoxy) is 3. The molecule has 0 spiro atoms. The Morgan fingerprint density at radius 3 is 2.55 bits per heavy atom. The molecule has 2 aromatic heterocycles. The summed E-state index contributed by atoms with van der Waals surface area (Å²) in [4.78, 5) is 18.7. The number of aromatic nitrogens is 3. The first kappa shape index (κ1) is 29.2. The molecule has 0 saturated carbocycles. The van der Waals surface area contributed by atoms with Crippen LogP contribution in [0.5, 0.6) is 11.6 Å². The highest BCUT2D eigenvalue weighted by atomic mass is 19.1. The van der Waals surface area contributed by atoms with Crippen molar-refractivity contribution in [3.05, 3.63) is 59.5 Å². The smallest absolute Gasteiger partial charge is 0.410 e. The Kier molecular flexibility index (Phi) is 7.76. The molecule has 1 aliphatic heterocycles. The monoisotopic (exact) mass is 584 g/mol. The van der Waals surface area contributed by atoms with Crippen molar-refractivity contribution in [2.75, 3.05) is 26.9 Å². The second-order valence-corrected chi connectivity index (χ2v) is 11.0. The number of hydrogen-bond acceptors (Lipinski definition) is 7. The standard InChI is InChI=1S/C30H31F3N4O5/c1-16-22-15-21(35-37(22)10-9-36(16)29(39)42-30(2,3)4)27-25(18-7-6-8-19(32)24(18)28(38)34-27)26-20(33)13-17(31)14-23(26)41-12-11-40-5/h6-8,13-16H,9-12H2,1-5H3,(H,34,38)/t16-/m1/s1. The van der Waals surface area contributed by atoms with Crippen molar-refractivity contribution in [3.8, 4) is 34.1 Å². The molecule has 0 saturated heterocycles. The average Bonchev–Trinajstić information content (AvgIpc) is 3.34. The first-order valence-electron chi connectivity index (χ1n) is 13.4. The van der Waals surface area contributed by atoms with E-state index in [0.29, 0.717) is 24.8 Å². The Morgan fingerprint density at radius 1 is 1.07 bits per heavy atom. The van der Waals surface area contributed by atoms with Crippen LogP contribution in [0.3, 0.4) is 0 Å². The summed E-state index contributed by atoms with van der Waals surface area (Å²) in [5.41, 5.74) is 0.0826. The molecule has 4 aromatic rings. The summed E-state index contributed by atoms with van der Waals surface area (Å²) in [6, 6.07) is 7.00. The Hall–Kier alpha value is -4.32. The normalized spacial score (nSPS) is 15.1. The van der Waals surface area contributed by atoms with E-state index in [1.54, 1.807) is 36.4 Å². The first-order valence-corrected chi connectivity index (χ1v) is 13.4. The van der Waals surface area contributed by atoms with Gasteiger partial charge in [0.25, 0.3) is 0 Å². The average molecular weight is 585 g/mol. The summed E-state index contributed by atoms with van der Waals surface area (Å²) in [6.45, 7) is 7.96. The highest BCUT2D eigenvalue weighted by molar-refractivity contribution is 6.05. The van der Waals surface area contributed by atoms with Crippen LogP contribution < -0.4 is 4.74 Å². The lowest BCUT2D eigenvalue weighted by Gasteiger charge is -2.35. The summed E-state index contributed by atoms with van der Waals surface area (Å²) in [7, 11) is 1.46. The molecule has 12 heteroatoms. The maximum Gasteiger partial charge on any atom is 0.410 e. The molecule has 0 unspecified atom stereocenters. The van der Waals surface area contributed by atoms with Crippen LogP contribution in [0.4, 0.5) is 18.0 Å². The van der Waals surface area contributed by atoms with Crippen molar-refractivity contribution in [1.82, 2.24) is 19.7 Å². The molecule has 0 bridgehead atoms. The van der Waals surface area contributed by atoms with Gasteiger partial charge in [0.1, 0.15) is 46.8 Å².